The fraction of sp³-hybridized carbons (Fsp3) is 0.444. The average molecular weight is 296 g/mol. The highest BCUT2D eigenvalue weighted by Crippen LogP contribution is 2.21. The van der Waals surface area contributed by atoms with E-state index in [1.54, 1.807) is 0 Å². The van der Waals surface area contributed by atoms with Gasteiger partial charge in [-0.1, -0.05) is 30.3 Å². The lowest BCUT2D eigenvalue weighted by atomic mass is 10.1. The topological polar surface area (TPSA) is 32.3 Å². The van der Waals surface area contributed by atoms with Gasteiger partial charge < -0.3 is 4.90 Å². The molecule has 0 radical (unpaired) electrons. The highest BCUT2D eigenvalue weighted by atomic mass is 15.3. The highest BCUT2D eigenvalue weighted by Gasteiger charge is 2.24. The van der Waals surface area contributed by atoms with Crippen molar-refractivity contribution in [3.05, 3.63) is 54.4 Å². The molecule has 22 heavy (non-hydrogen) atoms. The maximum absolute atomic E-state index is 4.38. The number of nitrogens with zero attached hydrogens (tertiary/aromatic N) is 4. The van der Waals surface area contributed by atoms with Crippen molar-refractivity contribution < 1.29 is 0 Å². The van der Waals surface area contributed by atoms with Crippen LogP contribution in [0.3, 0.4) is 0 Å². The van der Waals surface area contributed by atoms with Gasteiger partial charge in [-0.05, 0) is 37.4 Å². The van der Waals surface area contributed by atoms with E-state index in [2.05, 4.69) is 57.0 Å². The van der Waals surface area contributed by atoms with Crippen LogP contribution in [0.25, 0.3) is 0 Å². The minimum absolute atomic E-state index is 0.701. The summed E-state index contributed by atoms with van der Waals surface area (Å²) < 4.78 is 0. The van der Waals surface area contributed by atoms with Crippen LogP contribution in [0.15, 0.2) is 48.8 Å². The van der Waals surface area contributed by atoms with Crippen molar-refractivity contribution in [3.63, 3.8) is 0 Å². The molecule has 116 valence electrons. The highest BCUT2D eigenvalue weighted by molar-refractivity contribution is 5.28. The van der Waals surface area contributed by atoms with Gasteiger partial charge in [0.2, 0.25) is 5.95 Å². The summed E-state index contributed by atoms with van der Waals surface area (Å²) >= 11 is 0. The first kappa shape index (κ1) is 15.0. The van der Waals surface area contributed by atoms with Gasteiger partial charge in [-0.15, -0.1) is 0 Å². The van der Waals surface area contributed by atoms with E-state index in [4.69, 9.17) is 0 Å². The molecule has 3 rings (SSSR count). The number of aromatic nitrogens is 2. The van der Waals surface area contributed by atoms with Gasteiger partial charge in [-0.2, -0.15) is 0 Å². The van der Waals surface area contributed by atoms with Crippen molar-refractivity contribution >= 4 is 5.95 Å². The standard InChI is InChI=1S/C18H24N4/c1-2-22(18-19-10-6-11-20-18)15-17-9-12-21(14-17)13-16-7-4-3-5-8-16/h3-8,10-11,17H,2,9,12-15H2,1H3. The maximum Gasteiger partial charge on any atom is 0.225 e. The lowest BCUT2D eigenvalue weighted by Gasteiger charge is -2.24. The second-order valence-corrected chi connectivity index (χ2v) is 5.96. The van der Waals surface area contributed by atoms with Gasteiger partial charge in [-0.25, -0.2) is 9.97 Å². The number of hydrogen-bond donors (Lipinski definition) is 0. The number of anilines is 1. The molecule has 4 nitrogen and oxygen atoms in total. The molecule has 1 fully saturated rings. The zero-order chi connectivity index (χ0) is 15.2. The van der Waals surface area contributed by atoms with Crippen LogP contribution in [0, 0.1) is 5.92 Å². The molecule has 1 unspecified atom stereocenters. The largest absolute Gasteiger partial charge is 0.341 e. The summed E-state index contributed by atoms with van der Waals surface area (Å²) in [7, 11) is 0. The minimum Gasteiger partial charge on any atom is -0.341 e. The average Bonchev–Trinajstić information content (AvgIpc) is 3.01. The number of benzene rings is 1. The van der Waals surface area contributed by atoms with Crippen LogP contribution in [0.4, 0.5) is 5.95 Å². The molecule has 2 aromatic rings. The predicted molar refractivity (Wildman–Crippen MR) is 89.7 cm³/mol. The third-order valence-electron chi connectivity index (χ3n) is 4.31. The van der Waals surface area contributed by atoms with Gasteiger partial charge >= 0.3 is 0 Å². The van der Waals surface area contributed by atoms with Crippen LogP contribution >= 0.6 is 0 Å². The van der Waals surface area contributed by atoms with Crippen LogP contribution in [-0.2, 0) is 6.54 Å². The van der Waals surface area contributed by atoms with Gasteiger partial charge in [0.25, 0.3) is 0 Å². The minimum atomic E-state index is 0.701. The Morgan fingerprint density at radius 1 is 1.14 bits per heavy atom. The number of rotatable bonds is 6. The van der Waals surface area contributed by atoms with Crippen LogP contribution < -0.4 is 4.90 Å². The van der Waals surface area contributed by atoms with Crippen LogP contribution in [0.5, 0.6) is 0 Å². The third-order valence-corrected chi connectivity index (χ3v) is 4.31. The Labute approximate surface area is 132 Å². The molecular formula is C18H24N4. The quantitative estimate of drug-likeness (QED) is 0.820. The summed E-state index contributed by atoms with van der Waals surface area (Å²) in [6.45, 7) is 7.59. The molecule has 0 bridgehead atoms. The van der Waals surface area contributed by atoms with E-state index < -0.39 is 0 Å². The lowest BCUT2D eigenvalue weighted by molar-refractivity contribution is 0.317. The summed E-state index contributed by atoms with van der Waals surface area (Å²) in [5, 5.41) is 0. The summed E-state index contributed by atoms with van der Waals surface area (Å²) in [6.07, 6.45) is 4.90. The number of hydrogen-bond acceptors (Lipinski definition) is 4. The fourth-order valence-corrected chi connectivity index (χ4v) is 3.17. The van der Waals surface area contributed by atoms with E-state index in [9.17, 15) is 0 Å². The molecule has 0 amide bonds. The van der Waals surface area contributed by atoms with Crippen molar-refractivity contribution in [1.82, 2.24) is 14.9 Å². The van der Waals surface area contributed by atoms with Gasteiger partial charge in [0.05, 0.1) is 0 Å². The molecule has 1 aliphatic heterocycles. The first-order valence-corrected chi connectivity index (χ1v) is 8.13. The SMILES string of the molecule is CCN(CC1CCN(Cc2ccccc2)C1)c1ncccn1. The Kier molecular flexibility index (Phi) is 5.01. The van der Waals surface area contributed by atoms with Gasteiger partial charge in [0, 0.05) is 38.6 Å². The van der Waals surface area contributed by atoms with Crippen molar-refractivity contribution in [2.24, 2.45) is 5.92 Å². The molecule has 1 saturated heterocycles. The second kappa shape index (κ2) is 7.36. The molecule has 1 aromatic carbocycles. The van der Waals surface area contributed by atoms with Crippen molar-refractivity contribution in [1.29, 1.82) is 0 Å². The second-order valence-electron chi connectivity index (χ2n) is 5.96. The Morgan fingerprint density at radius 2 is 1.91 bits per heavy atom. The Morgan fingerprint density at radius 3 is 2.64 bits per heavy atom. The van der Waals surface area contributed by atoms with E-state index in [-0.39, 0.29) is 0 Å². The van der Waals surface area contributed by atoms with Crippen LogP contribution in [-0.4, -0.2) is 41.0 Å². The molecule has 0 N–H and O–H groups in total. The summed E-state index contributed by atoms with van der Waals surface area (Å²) in [5.41, 5.74) is 1.40. The predicted octanol–water partition coefficient (Wildman–Crippen LogP) is 2.83. The van der Waals surface area contributed by atoms with E-state index in [1.165, 1.54) is 18.5 Å². The van der Waals surface area contributed by atoms with Crippen molar-refractivity contribution in [2.75, 3.05) is 31.1 Å². The van der Waals surface area contributed by atoms with Gasteiger partial charge in [0.15, 0.2) is 0 Å². The first-order chi connectivity index (χ1) is 10.8. The van der Waals surface area contributed by atoms with Crippen molar-refractivity contribution in [2.45, 2.75) is 19.9 Å². The zero-order valence-electron chi connectivity index (χ0n) is 13.2. The Hall–Kier alpha value is -1.94. The molecule has 4 heteroatoms. The Bertz CT molecular complexity index is 558. The van der Waals surface area contributed by atoms with E-state index in [0.717, 1.165) is 32.1 Å². The normalized spacial score (nSPS) is 18.5. The van der Waals surface area contributed by atoms with E-state index in [1.807, 2.05) is 18.5 Å². The molecule has 1 aromatic heterocycles. The lowest BCUT2D eigenvalue weighted by Crippen LogP contribution is -2.32. The van der Waals surface area contributed by atoms with Crippen molar-refractivity contribution in [3.8, 4) is 0 Å². The number of likely N-dealkylation sites (tertiary alicyclic amines) is 1. The first-order valence-electron chi connectivity index (χ1n) is 8.13. The maximum atomic E-state index is 4.38. The smallest absolute Gasteiger partial charge is 0.225 e. The monoisotopic (exact) mass is 296 g/mol. The van der Waals surface area contributed by atoms with E-state index in [0.29, 0.717) is 5.92 Å². The fourth-order valence-electron chi connectivity index (χ4n) is 3.17. The summed E-state index contributed by atoms with van der Waals surface area (Å²) in [4.78, 5) is 13.6. The van der Waals surface area contributed by atoms with E-state index >= 15 is 0 Å². The summed E-state index contributed by atoms with van der Waals surface area (Å²) in [6, 6.07) is 12.6. The van der Waals surface area contributed by atoms with Gasteiger partial charge in [-0.3, -0.25) is 4.90 Å². The zero-order valence-corrected chi connectivity index (χ0v) is 13.2. The molecule has 0 aliphatic carbocycles. The molecule has 1 atom stereocenters. The molecule has 0 saturated carbocycles. The molecule has 0 spiro atoms. The third kappa shape index (κ3) is 3.83. The van der Waals surface area contributed by atoms with Crippen LogP contribution in [0.2, 0.25) is 0 Å². The van der Waals surface area contributed by atoms with Crippen LogP contribution in [0.1, 0.15) is 18.9 Å². The molecular weight excluding hydrogens is 272 g/mol. The molecule has 1 aliphatic rings. The Balaban J connectivity index is 1.54. The summed E-state index contributed by atoms with van der Waals surface area (Å²) in [5.74, 6) is 1.55. The van der Waals surface area contributed by atoms with Gasteiger partial charge in [0.1, 0.15) is 0 Å². The molecule has 2 heterocycles.